The number of pyridine rings is 1. The van der Waals surface area contributed by atoms with Gasteiger partial charge in [0.1, 0.15) is 11.8 Å². The zero-order valence-electron chi connectivity index (χ0n) is 16.4. The van der Waals surface area contributed by atoms with E-state index in [2.05, 4.69) is 36.4 Å². The summed E-state index contributed by atoms with van der Waals surface area (Å²) in [5.41, 5.74) is 3.20. The number of benzene rings is 1. The molecule has 0 aliphatic rings. The largest absolute Gasteiger partial charge is 0.332 e. The van der Waals surface area contributed by atoms with E-state index in [0.29, 0.717) is 10.7 Å². The quantitative estimate of drug-likeness (QED) is 0.668. The van der Waals surface area contributed by atoms with E-state index >= 15 is 0 Å². The first-order valence-electron chi connectivity index (χ1n) is 9.02. The topological polar surface area (TPSA) is 95.6 Å². The molecular weight excluding hydrogens is 388 g/mol. The predicted octanol–water partition coefficient (Wildman–Crippen LogP) is 4.41. The lowest BCUT2D eigenvalue weighted by molar-refractivity contribution is 0.251. The molecule has 0 saturated carbocycles. The van der Waals surface area contributed by atoms with Gasteiger partial charge < -0.3 is 10.6 Å². The third kappa shape index (κ3) is 5.12. The molecule has 0 bridgehead atoms. The number of nitriles is 1. The third-order valence-electron chi connectivity index (χ3n) is 4.17. The second-order valence-electron chi connectivity index (χ2n) is 7.51. The van der Waals surface area contributed by atoms with Crippen LogP contribution < -0.4 is 10.6 Å². The number of anilines is 1. The summed E-state index contributed by atoms with van der Waals surface area (Å²) >= 11 is 6.14. The molecule has 0 fully saturated rings. The molecule has 0 radical (unpaired) electrons. The molecular formula is C21H21ClN6O. The van der Waals surface area contributed by atoms with Crippen LogP contribution in [-0.4, -0.2) is 20.8 Å². The van der Waals surface area contributed by atoms with Crippen LogP contribution in [0.4, 0.5) is 10.5 Å². The maximum Gasteiger partial charge on any atom is 0.319 e. The Balaban J connectivity index is 1.77. The van der Waals surface area contributed by atoms with E-state index in [1.807, 2.05) is 30.3 Å². The highest BCUT2D eigenvalue weighted by Crippen LogP contribution is 2.24. The van der Waals surface area contributed by atoms with E-state index in [-0.39, 0.29) is 23.7 Å². The first-order chi connectivity index (χ1) is 13.8. The first kappa shape index (κ1) is 20.4. The minimum atomic E-state index is -0.382. The maximum atomic E-state index is 12.3. The van der Waals surface area contributed by atoms with Gasteiger partial charge >= 0.3 is 6.03 Å². The number of carbonyl (C=O) groups is 1. The van der Waals surface area contributed by atoms with E-state index < -0.39 is 0 Å². The molecule has 2 heterocycles. The second-order valence-corrected chi connectivity index (χ2v) is 7.95. The molecule has 2 N–H and O–H groups in total. The van der Waals surface area contributed by atoms with Crippen LogP contribution in [0.3, 0.4) is 0 Å². The lowest BCUT2D eigenvalue weighted by Crippen LogP contribution is -2.29. The van der Waals surface area contributed by atoms with Crippen molar-refractivity contribution in [1.82, 2.24) is 20.1 Å². The number of rotatable bonds is 4. The van der Waals surface area contributed by atoms with Gasteiger partial charge in [-0.15, -0.1) is 0 Å². The first-order valence-corrected chi connectivity index (χ1v) is 9.40. The Morgan fingerprint density at radius 3 is 2.66 bits per heavy atom. The highest BCUT2D eigenvalue weighted by atomic mass is 35.5. The van der Waals surface area contributed by atoms with Gasteiger partial charge in [-0.25, -0.2) is 14.5 Å². The van der Waals surface area contributed by atoms with Gasteiger partial charge in [0.05, 0.1) is 35.5 Å². The molecule has 1 aromatic carbocycles. The monoisotopic (exact) mass is 408 g/mol. The molecule has 0 aliphatic heterocycles. The molecule has 0 aliphatic carbocycles. The molecule has 8 heteroatoms. The third-order valence-corrected chi connectivity index (χ3v) is 4.41. The summed E-state index contributed by atoms with van der Waals surface area (Å²) in [7, 11) is 0. The summed E-state index contributed by atoms with van der Waals surface area (Å²) in [6, 6.07) is 14.1. The van der Waals surface area contributed by atoms with Gasteiger partial charge in [0.15, 0.2) is 0 Å². The van der Waals surface area contributed by atoms with Crippen LogP contribution >= 0.6 is 11.6 Å². The number of halogens is 1. The standard InChI is InChI=1S/C21H21ClN6O/c1-21(2,3)19-10-18(28(27-19)17-6-4-5-14(22)9-17)13-25-20(29)26-16-8-7-15(11-23)24-12-16/h4-10,12H,13H2,1-3H3,(H2,25,26,29). The summed E-state index contributed by atoms with van der Waals surface area (Å²) in [4.78, 5) is 16.2. The van der Waals surface area contributed by atoms with E-state index in [4.69, 9.17) is 22.0 Å². The lowest BCUT2D eigenvalue weighted by Gasteiger charge is -2.14. The van der Waals surface area contributed by atoms with E-state index in [1.54, 1.807) is 22.9 Å². The molecule has 3 rings (SSSR count). The van der Waals surface area contributed by atoms with Gasteiger partial charge in [0.2, 0.25) is 0 Å². The Kier molecular flexibility index (Phi) is 5.85. The maximum absolute atomic E-state index is 12.3. The van der Waals surface area contributed by atoms with E-state index in [9.17, 15) is 4.79 Å². The fourth-order valence-electron chi connectivity index (χ4n) is 2.62. The summed E-state index contributed by atoms with van der Waals surface area (Å²) < 4.78 is 1.79. The smallest absolute Gasteiger partial charge is 0.319 e. The molecule has 7 nitrogen and oxygen atoms in total. The average molecular weight is 409 g/mol. The van der Waals surface area contributed by atoms with Crippen molar-refractivity contribution in [3.8, 4) is 11.8 Å². The lowest BCUT2D eigenvalue weighted by atomic mass is 9.92. The molecule has 0 saturated heterocycles. The van der Waals surface area contributed by atoms with Crippen molar-refractivity contribution in [1.29, 1.82) is 5.26 Å². The van der Waals surface area contributed by atoms with Gasteiger partial charge in [-0.05, 0) is 36.4 Å². The van der Waals surface area contributed by atoms with E-state index in [1.165, 1.54) is 6.20 Å². The summed E-state index contributed by atoms with van der Waals surface area (Å²) in [6.45, 7) is 6.52. The van der Waals surface area contributed by atoms with Crippen LogP contribution in [0.1, 0.15) is 37.9 Å². The Hall–Kier alpha value is -3.37. The van der Waals surface area contributed by atoms with Crippen LogP contribution in [0.15, 0.2) is 48.7 Å². The Bertz CT molecular complexity index is 1060. The van der Waals surface area contributed by atoms with Gasteiger partial charge in [-0.3, -0.25) is 0 Å². The van der Waals surface area contributed by atoms with Crippen molar-refractivity contribution in [2.24, 2.45) is 0 Å². The number of nitrogens with one attached hydrogen (secondary N) is 2. The molecule has 2 aromatic heterocycles. The second kappa shape index (κ2) is 8.33. The molecule has 0 unspecified atom stereocenters. The Morgan fingerprint density at radius 2 is 2.03 bits per heavy atom. The molecule has 29 heavy (non-hydrogen) atoms. The molecule has 2 amide bonds. The number of hydrogen-bond donors (Lipinski definition) is 2. The molecule has 0 atom stereocenters. The average Bonchev–Trinajstić information content (AvgIpc) is 3.12. The van der Waals surface area contributed by atoms with Crippen molar-refractivity contribution >= 4 is 23.3 Å². The summed E-state index contributed by atoms with van der Waals surface area (Å²) in [5.74, 6) is 0. The number of urea groups is 1. The van der Waals surface area contributed by atoms with Crippen molar-refractivity contribution in [3.05, 3.63) is 70.8 Å². The SMILES string of the molecule is CC(C)(C)c1cc(CNC(=O)Nc2ccc(C#N)nc2)n(-c2cccc(Cl)c2)n1. The number of carbonyl (C=O) groups excluding carboxylic acids is 1. The van der Waals surface area contributed by atoms with Crippen molar-refractivity contribution in [2.45, 2.75) is 32.7 Å². The van der Waals surface area contributed by atoms with Gasteiger partial charge in [-0.1, -0.05) is 38.4 Å². The highest BCUT2D eigenvalue weighted by molar-refractivity contribution is 6.30. The number of aromatic nitrogens is 3. The molecule has 3 aromatic rings. The van der Waals surface area contributed by atoms with Crippen LogP contribution in [-0.2, 0) is 12.0 Å². The Morgan fingerprint density at radius 1 is 1.24 bits per heavy atom. The van der Waals surface area contributed by atoms with Gasteiger partial charge in [-0.2, -0.15) is 10.4 Å². The van der Waals surface area contributed by atoms with Gasteiger partial charge in [0, 0.05) is 10.4 Å². The summed E-state index contributed by atoms with van der Waals surface area (Å²) in [6.07, 6.45) is 1.44. The number of hydrogen-bond acceptors (Lipinski definition) is 4. The number of nitrogens with zero attached hydrogens (tertiary/aromatic N) is 4. The highest BCUT2D eigenvalue weighted by Gasteiger charge is 2.21. The van der Waals surface area contributed by atoms with Crippen molar-refractivity contribution in [3.63, 3.8) is 0 Å². The zero-order chi connectivity index (χ0) is 21.0. The van der Waals surface area contributed by atoms with Crippen LogP contribution in [0, 0.1) is 11.3 Å². The van der Waals surface area contributed by atoms with Crippen LogP contribution in [0.5, 0.6) is 0 Å². The number of amides is 2. The van der Waals surface area contributed by atoms with Gasteiger partial charge in [0.25, 0.3) is 0 Å². The van der Waals surface area contributed by atoms with Crippen molar-refractivity contribution < 1.29 is 4.79 Å². The minimum Gasteiger partial charge on any atom is -0.332 e. The van der Waals surface area contributed by atoms with Crippen molar-refractivity contribution in [2.75, 3.05) is 5.32 Å². The minimum absolute atomic E-state index is 0.144. The zero-order valence-corrected chi connectivity index (χ0v) is 17.2. The Labute approximate surface area is 174 Å². The molecule has 148 valence electrons. The normalized spacial score (nSPS) is 11.0. The van der Waals surface area contributed by atoms with E-state index in [0.717, 1.165) is 17.1 Å². The predicted molar refractivity (Wildman–Crippen MR) is 112 cm³/mol. The van der Waals surface area contributed by atoms with Crippen LogP contribution in [0.25, 0.3) is 5.69 Å². The fourth-order valence-corrected chi connectivity index (χ4v) is 2.81. The summed E-state index contributed by atoms with van der Waals surface area (Å²) in [5, 5.41) is 19.6. The fraction of sp³-hybridized carbons (Fsp3) is 0.238. The molecule has 0 spiro atoms. The van der Waals surface area contributed by atoms with Crippen LogP contribution in [0.2, 0.25) is 5.02 Å².